The van der Waals surface area contributed by atoms with Gasteiger partial charge in [-0.2, -0.15) is 0 Å². The van der Waals surface area contributed by atoms with Gasteiger partial charge in [0.1, 0.15) is 17.5 Å². The highest BCUT2D eigenvalue weighted by molar-refractivity contribution is 5.52. The lowest BCUT2D eigenvalue weighted by Crippen LogP contribution is -1.91. The monoisotopic (exact) mass is 694 g/mol. The van der Waals surface area contributed by atoms with Crippen LogP contribution in [0.25, 0.3) is 0 Å². The van der Waals surface area contributed by atoms with Crippen LogP contribution in [0.5, 0.6) is 0 Å². The zero-order chi connectivity index (χ0) is 37.9. The van der Waals surface area contributed by atoms with Crippen LogP contribution in [-0.4, -0.2) is 0 Å². The van der Waals surface area contributed by atoms with Crippen molar-refractivity contribution in [1.29, 1.82) is 0 Å². The van der Waals surface area contributed by atoms with Gasteiger partial charge in [-0.05, 0) is 149 Å². The molecule has 0 aromatic heterocycles. The third kappa shape index (κ3) is 10.9. The minimum absolute atomic E-state index is 0.209. The van der Waals surface area contributed by atoms with E-state index in [1.165, 1.54) is 34.9 Å². The largest absolute Gasteiger partial charge is 0.207 e. The van der Waals surface area contributed by atoms with E-state index in [-0.39, 0.29) is 11.4 Å². The predicted molar refractivity (Wildman–Crippen MR) is 211 cm³/mol. The van der Waals surface area contributed by atoms with Gasteiger partial charge in [-0.25, -0.2) is 13.2 Å². The minimum Gasteiger partial charge on any atom is -0.207 e. The fraction of sp³-hybridized carbons (Fsp3) is 0.120. The molecule has 0 atom stereocenters. The lowest BCUT2D eigenvalue weighted by Gasteiger charge is -1.99. The summed E-state index contributed by atoms with van der Waals surface area (Å²) in [4.78, 5) is 0. The first-order valence-corrected chi connectivity index (χ1v) is 17.1. The van der Waals surface area contributed by atoms with E-state index in [2.05, 4.69) is 92.4 Å². The van der Waals surface area contributed by atoms with Gasteiger partial charge in [-0.15, -0.1) is 0 Å². The van der Waals surface area contributed by atoms with E-state index in [0.717, 1.165) is 33.4 Å². The van der Waals surface area contributed by atoms with Crippen molar-refractivity contribution in [2.24, 2.45) is 0 Å². The Bertz CT molecular complexity index is 2520. The van der Waals surface area contributed by atoms with Crippen LogP contribution in [0, 0.1) is 106 Å². The molecule has 0 bridgehead atoms. The average Bonchev–Trinajstić information content (AvgIpc) is 3.12. The Labute approximate surface area is 311 Å². The molecule has 0 nitrogen and oxygen atoms in total. The third-order valence-electron chi connectivity index (χ3n) is 8.26. The van der Waals surface area contributed by atoms with E-state index in [0.29, 0.717) is 22.3 Å². The summed E-state index contributed by atoms with van der Waals surface area (Å²) in [5.74, 6) is 22.6. The molecule has 258 valence electrons. The van der Waals surface area contributed by atoms with E-state index < -0.39 is 11.6 Å². The zero-order valence-electron chi connectivity index (χ0n) is 30.6. The standard InChI is InChI=1S/C25H18F2.C25H19F/c1-17-4-11-22(19(3)14-17)12-9-20-5-7-21(8-6-20)10-13-23-24(26)15-18(2)16-25(23)27;1-18-4-14-24(20(3)16-18)15-13-22-9-7-21(8-10-22)11-12-23-6-5-19(2)25(26)17-23/h4-8,11,14-16H,1-3H3;4-10,14,16-17H,1-3H3. The van der Waals surface area contributed by atoms with Gasteiger partial charge in [0.05, 0.1) is 5.56 Å². The molecule has 0 aliphatic heterocycles. The molecule has 0 aliphatic rings. The van der Waals surface area contributed by atoms with Crippen molar-refractivity contribution in [3.05, 3.63) is 211 Å². The lowest BCUT2D eigenvalue weighted by molar-refractivity contribution is 0.575. The zero-order valence-corrected chi connectivity index (χ0v) is 30.6. The topological polar surface area (TPSA) is 0 Å². The summed E-state index contributed by atoms with van der Waals surface area (Å²) >= 11 is 0. The Morgan fingerprint density at radius 2 is 0.679 bits per heavy atom. The fourth-order valence-electron chi connectivity index (χ4n) is 5.23. The maximum atomic E-state index is 13.8. The van der Waals surface area contributed by atoms with E-state index in [4.69, 9.17) is 0 Å². The van der Waals surface area contributed by atoms with Gasteiger partial charge in [0.15, 0.2) is 0 Å². The third-order valence-corrected chi connectivity index (χ3v) is 8.26. The van der Waals surface area contributed by atoms with E-state index in [1.807, 2.05) is 61.5 Å². The van der Waals surface area contributed by atoms with E-state index in [9.17, 15) is 13.2 Å². The first-order valence-electron chi connectivity index (χ1n) is 17.1. The second kappa shape index (κ2) is 17.5. The quantitative estimate of drug-likeness (QED) is 0.139. The summed E-state index contributed by atoms with van der Waals surface area (Å²) in [6, 6.07) is 35.1. The maximum absolute atomic E-state index is 13.8. The number of hydrogen-bond acceptors (Lipinski definition) is 0. The molecule has 0 unspecified atom stereocenters. The normalized spacial score (nSPS) is 9.75. The molecule has 0 fully saturated rings. The van der Waals surface area contributed by atoms with Gasteiger partial charge in [0.25, 0.3) is 0 Å². The van der Waals surface area contributed by atoms with Crippen molar-refractivity contribution in [2.75, 3.05) is 0 Å². The van der Waals surface area contributed by atoms with Crippen LogP contribution in [0.1, 0.15) is 77.9 Å². The Balaban J connectivity index is 0.000000204. The molecular formula is C50H37F3. The number of hydrogen-bond donors (Lipinski definition) is 0. The van der Waals surface area contributed by atoms with Crippen LogP contribution in [0.4, 0.5) is 13.2 Å². The molecule has 6 aromatic carbocycles. The second-order valence-electron chi connectivity index (χ2n) is 12.9. The summed E-state index contributed by atoms with van der Waals surface area (Å²) in [6.07, 6.45) is 0. The van der Waals surface area contributed by atoms with Crippen molar-refractivity contribution >= 4 is 0 Å². The smallest absolute Gasteiger partial charge is 0.142 e. The van der Waals surface area contributed by atoms with Gasteiger partial charge in [0, 0.05) is 38.9 Å². The minimum atomic E-state index is -0.643. The molecule has 0 amide bonds. The van der Waals surface area contributed by atoms with Gasteiger partial charge < -0.3 is 0 Å². The van der Waals surface area contributed by atoms with Crippen LogP contribution in [0.3, 0.4) is 0 Å². The molecular weight excluding hydrogens is 658 g/mol. The highest BCUT2D eigenvalue weighted by atomic mass is 19.1. The van der Waals surface area contributed by atoms with Crippen molar-refractivity contribution in [3.8, 4) is 47.4 Å². The van der Waals surface area contributed by atoms with Crippen LogP contribution in [0.15, 0.2) is 115 Å². The van der Waals surface area contributed by atoms with Crippen molar-refractivity contribution in [3.63, 3.8) is 0 Å². The highest BCUT2D eigenvalue weighted by Crippen LogP contribution is 2.15. The van der Waals surface area contributed by atoms with Crippen LogP contribution < -0.4 is 0 Å². The summed E-state index contributed by atoms with van der Waals surface area (Å²) in [7, 11) is 0. The molecule has 0 radical (unpaired) electrons. The maximum Gasteiger partial charge on any atom is 0.142 e. The number of aryl methyl sites for hydroxylation is 6. The molecule has 6 aromatic rings. The fourth-order valence-corrected chi connectivity index (χ4v) is 5.23. The Kier molecular flexibility index (Phi) is 12.4. The molecule has 0 heterocycles. The summed E-state index contributed by atoms with van der Waals surface area (Å²) < 4.78 is 41.2. The van der Waals surface area contributed by atoms with Gasteiger partial charge in [-0.3, -0.25) is 0 Å². The number of rotatable bonds is 0. The van der Waals surface area contributed by atoms with Crippen molar-refractivity contribution < 1.29 is 13.2 Å². The Hall–Kier alpha value is -6.65. The highest BCUT2D eigenvalue weighted by Gasteiger charge is 2.07. The number of halogens is 3. The molecule has 6 rings (SSSR count). The van der Waals surface area contributed by atoms with Gasteiger partial charge >= 0.3 is 0 Å². The molecule has 53 heavy (non-hydrogen) atoms. The summed E-state index contributed by atoms with van der Waals surface area (Å²) in [6.45, 7) is 11.6. The summed E-state index contributed by atoms with van der Waals surface area (Å²) in [5.41, 5.74) is 11.8. The second-order valence-corrected chi connectivity index (χ2v) is 12.9. The molecule has 0 saturated heterocycles. The molecule has 0 N–H and O–H groups in total. The summed E-state index contributed by atoms with van der Waals surface area (Å²) in [5, 5.41) is 0. The van der Waals surface area contributed by atoms with E-state index >= 15 is 0 Å². The lowest BCUT2D eigenvalue weighted by atomic mass is 10.1. The van der Waals surface area contributed by atoms with Gasteiger partial charge in [-0.1, -0.05) is 88.8 Å². The van der Waals surface area contributed by atoms with Crippen molar-refractivity contribution in [1.82, 2.24) is 0 Å². The average molecular weight is 695 g/mol. The van der Waals surface area contributed by atoms with Crippen LogP contribution in [-0.2, 0) is 0 Å². The molecule has 0 saturated carbocycles. The first-order chi connectivity index (χ1) is 25.4. The molecule has 0 aliphatic carbocycles. The van der Waals surface area contributed by atoms with Crippen LogP contribution >= 0.6 is 0 Å². The molecule has 3 heteroatoms. The SMILES string of the molecule is Cc1ccc(C#Cc2ccc(C#Cc3c(F)cc(C)cc3F)cc2)c(C)c1.Cc1ccc(C#Cc2ccc(C#Cc3ccc(C)c(F)c3)cc2)c(C)c1. The van der Waals surface area contributed by atoms with Crippen molar-refractivity contribution in [2.45, 2.75) is 41.5 Å². The Morgan fingerprint density at radius 3 is 1.09 bits per heavy atom. The van der Waals surface area contributed by atoms with Crippen LogP contribution in [0.2, 0.25) is 0 Å². The predicted octanol–water partition coefficient (Wildman–Crippen LogP) is 11.2. The van der Waals surface area contributed by atoms with E-state index in [1.54, 1.807) is 32.0 Å². The Morgan fingerprint density at radius 1 is 0.302 bits per heavy atom. The number of benzene rings is 6. The first kappa shape index (κ1) is 37.6. The molecule has 0 spiro atoms. The van der Waals surface area contributed by atoms with Gasteiger partial charge in [0.2, 0.25) is 0 Å².